The van der Waals surface area contributed by atoms with Crippen LogP contribution in [0.2, 0.25) is 0 Å². The van der Waals surface area contributed by atoms with Gasteiger partial charge >= 0.3 is 0 Å². The number of rotatable bonds is 3. The summed E-state index contributed by atoms with van der Waals surface area (Å²) >= 11 is 0. The van der Waals surface area contributed by atoms with Crippen LogP contribution in [0.15, 0.2) is 0 Å². The maximum Gasteiger partial charge on any atom is 0.0948 e. The van der Waals surface area contributed by atoms with Crippen molar-refractivity contribution < 1.29 is 14.6 Å². The Morgan fingerprint density at radius 1 is 1.20 bits per heavy atom. The molecule has 0 radical (unpaired) electrons. The minimum absolute atomic E-state index is 0.114. The van der Waals surface area contributed by atoms with Gasteiger partial charge in [0.25, 0.3) is 0 Å². The van der Waals surface area contributed by atoms with E-state index in [-0.39, 0.29) is 12.1 Å². The second-order valence-corrected chi connectivity index (χ2v) is 4.62. The minimum atomic E-state index is -0.340. The van der Waals surface area contributed by atoms with E-state index in [4.69, 9.17) is 9.47 Å². The van der Waals surface area contributed by atoms with Gasteiger partial charge in [-0.3, -0.25) is 0 Å². The largest absolute Gasteiger partial charge is 0.389 e. The molecule has 2 N–H and O–H groups in total. The summed E-state index contributed by atoms with van der Waals surface area (Å²) in [6.45, 7) is 5.05. The van der Waals surface area contributed by atoms with E-state index in [0.717, 1.165) is 26.1 Å². The van der Waals surface area contributed by atoms with Gasteiger partial charge < -0.3 is 19.9 Å². The van der Waals surface area contributed by atoms with Crippen LogP contribution >= 0.6 is 0 Å². The maximum absolute atomic E-state index is 9.62. The number of aliphatic hydroxyl groups excluding tert-OH is 1. The Kier molecular flexibility index (Phi) is 3.97. The van der Waals surface area contributed by atoms with Gasteiger partial charge in [0.1, 0.15) is 0 Å². The average Bonchev–Trinajstić information content (AvgIpc) is 2.66. The van der Waals surface area contributed by atoms with E-state index in [1.807, 2.05) is 0 Å². The molecular weight excluding hydrogens is 194 g/mol. The van der Waals surface area contributed by atoms with E-state index in [1.165, 1.54) is 0 Å². The van der Waals surface area contributed by atoms with Gasteiger partial charge in [0.15, 0.2) is 0 Å². The van der Waals surface area contributed by atoms with Crippen molar-refractivity contribution in [3.05, 3.63) is 0 Å². The Balaban J connectivity index is 1.77. The molecule has 2 saturated heterocycles. The van der Waals surface area contributed by atoms with Gasteiger partial charge in [0.2, 0.25) is 0 Å². The van der Waals surface area contributed by atoms with Gasteiger partial charge in [-0.15, -0.1) is 0 Å². The third-order valence-electron chi connectivity index (χ3n) is 3.50. The summed E-state index contributed by atoms with van der Waals surface area (Å²) in [5.74, 6) is 0.673. The first-order valence-electron chi connectivity index (χ1n) is 5.87. The molecular formula is C11H21NO3. The van der Waals surface area contributed by atoms with Crippen LogP contribution in [0.3, 0.4) is 0 Å². The van der Waals surface area contributed by atoms with Crippen LogP contribution in [0.4, 0.5) is 0 Å². The Morgan fingerprint density at radius 3 is 2.53 bits per heavy atom. The predicted octanol–water partition coefficient (Wildman–Crippen LogP) is 0.151. The lowest BCUT2D eigenvalue weighted by atomic mass is 9.92. The molecule has 0 aromatic carbocycles. The standard InChI is InChI=1S/C11H21NO3/c1-8(9-2-4-14-5-3-9)12-10-6-15-7-11(10)13/h8-13H,2-7H2,1H3. The quantitative estimate of drug-likeness (QED) is 0.703. The summed E-state index contributed by atoms with van der Waals surface area (Å²) in [5.41, 5.74) is 0. The topological polar surface area (TPSA) is 50.7 Å². The first kappa shape index (κ1) is 11.3. The molecule has 2 aliphatic heterocycles. The van der Waals surface area contributed by atoms with Gasteiger partial charge in [0, 0.05) is 19.3 Å². The Bertz CT molecular complexity index is 194. The van der Waals surface area contributed by atoms with Crippen molar-refractivity contribution in [2.24, 2.45) is 5.92 Å². The van der Waals surface area contributed by atoms with E-state index in [1.54, 1.807) is 0 Å². The fraction of sp³-hybridized carbons (Fsp3) is 1.00. The number of ether oxygens (including phenoxy) is 2. The number of aliphatic hydroxyl groups is 1. The minimum Gasteiger partial charge on any atom is -0.389 e. The molecule has 2 aliphatic rings. The SMILES string of the molecule is CC(NC1COCC1O)C1CCOCC1. The first-order valence-corrected chi connectivity index (χ1v) is 5.87. The number of hydrogen-bond donors (Lipinski definition) is 2. The molecule has 4 heteroatoms. The van der Waals surface area contributed by atoms with Crippen LogP contribution in [-0.2, 0) is 9.47 Å². The van der Waals surface area contributed by atoms with Crippen molar-refractivity contribution in [2.45, 2.75) is 38.0 Å². The summed E-state index contributed by atoms with van der Waals surface area (Å²) < 4.78 is 10.6. The molecule has 0 amide bonds. The maximum atomic E-state index is 9.62. The zero-order chi connectivity index (χ0) is 10.7. The molecule has 0 spiro atoms. The van der Waals surface area contributed by atoms with Gasteiger partial charge in [-0.25, -0.2) is 0 Å². The fourth-order valence-electron chi connectivity index (χ4n) is 2.39. The van der Waals surface area contributed by atoms with Gasteiger partial charge in [0.05, 0.1) is 25.4 Å². The van der Waals surface area contributed by atoms with Gasteiger partial charge in [-0.2, -0.15) is 0 Å². The van der Waals surface area contributed by atoms with Gasteiger partial charge in [-0.1, -0.05) is 0 Å². The van der Waals surface area contributed by atoms with Crippen LogP contribution in [-0.4, -0.2) is 49.7 Å². The van der Waals surface area contributed by atoms with Gasteiger partial charge in [-0.05, 0) is 25.7 Å². The molecule has 2 fully saturated rings. The molecule has 2 rings (SSSR count). The van der Waals surface area contributed by atoms with Crippen molar-refractivity contribution in [1.82, 2.24) is 5.32 Å². The highest BCUT2D eigenvalue weighted by Crippen LogP contribution is 2.19. The zero-order valence-corrected chi connectivity index (χ0v) is 9.32. The zero-order valence-electron chi connectivity index (χ0n) is 9.32. The summed E-state index contributed by atoms with van der Waals surface area (Å²) in [6, 6.07) is 0.554. The molecule has 88 valence electrons. The molecule has 0 aromatic rings. The predicted molar refractivity (Wildman–Crippen MR) is 56.8 cm³/mol. The van der Waals surface area contributed by atoms with Crippen molar-refractivity contribution >= 4 is 0 Å². The monoisotopic (exact) mass is 215 g/mol. The lowest BCUT2D eigenvalue weighted by molar-refractivity contribution is 0.0513. The van der Waals surface area contributed by atoms with Crippen molar-refractivity contribution in [2.75, 3.05) is 26.4 Å². The normalized spacial score (nSPS) is 35.6. The highest BCUT2D eigenvalue weighted by Gasteiger charge is 2.29. The Labute approximate surface area is 90.9 Å². The molecule has 4 nitrogen and oxygen atoms in total. The van der Waals surface area contributed by atoms with E-state index >= 15 is 0 Å². The third-order valence-corrected chi connectivity index (χ3v) is 3.50. The van der Waals surface area contributed by atoms with Crippen LogP contribution < -0.4 is 5.32 Å². The summed E-state index contributed by atoms with van der Waals surface area (Å²) in [6.07, 6.45) is 1.91. The molecule has 0 aromatic heterocycles. The second kappa shape index (κ2) is 5.25. The van der Waals surface area contributed by atoms with Crippen LogP contribution in [0, 0.1) is 5.92 Å². The lowest BCUT2D eigenvalue weighted by Gasteiger charge is -2.31. The van der Waals surface area contributed by atoms with Crippen LogP contribution in [0.1, 0.15) is 19.8 Å². The third kappa shape index (κ3) is 2.91. The van der Waals surface area contributed by atoms with E-state index < -0.39 is 0 Å². The van der Waals surface area contributed by atoms with E-state index in [0.29, 0.717) is 25.2 Å². The smallest absolute Gasteiger partial charge is 0.0948 e. The highest BCUT2D eigenvalue weighted by molar-refractivity contribution is 4.85. The number of hydrogen-bond acceptors (Lipinski definition) is 4. The highest BCUT2D eigenvalue weighted by atomic mass is 16.5. The lowest BCUT2D eigenvalue weighted by Crippen LogP contribution is -2.47. The second-order valence-electron chi connectivity index (χ2n) is 4.62. The van der Waals surface area contributed by atoms with Crippen LogP contribution in [0.25, 0.3) is 0 Å². The van der Waals surface area contributed by atoms with Crippen molar-refractivity contribution in [3.8, 4) is 0 Å². The Morgan fingerprint density at radius 2 is 1.93 bits per heavy atom. The Hall–Kier alpha value is -0.160. The molecule has 2 heterocycles. The van der Waals surface area contributed by atoms with E-state index in [2.05, 4.69) is 12.2 Å². The van der Waals surface area contributed by atoms with Crippen LogP contribution in [0.5, 0.6) is 0 Å². The average molecular weight is 215 g/mol. The summed E-state index contributed by atoms with van der Waals surface area (Å²) in [7, 11) is 0. The summed E-state index contributed by atoms with van der Waals surface area (Å²) in [5, 5.41) is 13.1. The molecule has 3 atom stereocenters. The molecule has 0 saturated carbocycles. The van der Waals surface area contributed by atoms with Crippen molar-refractivity contribution in [3.63, 3.8) is 0 Å². The molecule has 0 bridgehead atoms. The fourth-order valence-corrected chi connectivity index (χ4v) is 2.39. The molecule has 15 heavy (non-hydrogen) atoms. The number of nitrogens with one attached hydrogen (secondary N) is 1. The summed E-state index contributed by atoms with van der Waals surface area (Å²) in [4.78, 5) is 0. The molecule has 0 aliphatic carbocycles. The first-order chi connectivity index (χ1) is 7.27. The molecule has 3 unspecified atom stereocenters. The van der Waals surface area contributed by atoms with Crippen molar-refractivity contribution in [1.29, 1.82) is 0 Å². The van der Waals surface area contributed by atoms with E-state index in [9.17, 15) is 5.11 Å².